The summed E-state index contributed by atoms with van der Waals surface area (Å²) in [5, 5.41) is 21.9. The van der Waals surface area contributed by atoms with E-state index < -0.39 is 0 Å². The van der Waals surface area contributed by atoms with Gasteiger partial charge in [-0.25, -0.2) is 0 Å². The van der Waals surface area contributed by atoms with Crippen LogP contribution in [-0.2, 0) is 6.42 Å². The van der Waals surface area contributed by atoms with Crippen molar-refractivity contribution in [2.45, 2.75) is 32.7 Å². The minimum atomic E-state index is 0. The minimum Gasteiger partial charge on any atom is -0.508 e. The molecule has 0 aromatic heterocycles. The average Bonchev–Trinajstić information content (AvgIpc) is 1.99. The van der Waals surface area contributed by atoms with Gasteiger partial charge >= 0.3 is 0 Å². The molecule has 0 saturated heterocycles. The molecular weight excluding hydrogens is 270 g/mol. The molecule has 0 amide bonds. The van der Waals surface area contributed by atoms with Crippen LogP contribution in [0, 0.1) is 0 Å². The zero-order chi connectivity index (χ0) is 11.5. The molecule has 0 aliphatic heterocycles. The Hall–Kier alpha value is -0.740. The van der Waals surface area contributed by atoms with E-state index in [0.717, 1.165) is 18.5 Å². The highest BCUT2D eigenvalue weighted by Crippen LogP contribution is 2.20. The van der Waals surface area contributed by atoms with Crippen molar-refractivity contribution in [1.29, 1.82) is 0 Å². The normalized spacial score (nSPS) is 10.9. The molecule has 3 nitrogen and oxygen atoms in total. The number of phenols is 2. The van der Waals surface area contributed by atoms with Crippen LogP contribution in [0.3, 0.4) is 0 Å². The van der Waals surface area contributed by atoms with Gasteiger partial charge in [0.15, 0.2) is 0 Å². The maximum atomic E-state index is 9.27. The van der Waals surface area contributed by atoms with Crippen LogP contribution in [0.5, 0.6) is 11.5 Å². The second kappa shape index (κ2) is 6.11. The lowest BCUT2D eigenvalue weighted by molar-refractivity contribution is 0.427. The number of nitrogens with one attached hydrogen (secondary N) is 1. The quantitative estimate of drug-likeness (QED) is 0.802. The van der Waals surface area contributed by atoms with Crippen LogP contribution in [0.1, 0.15) is 26.3 Å². The van der Waals surface area contributed by atoms with E-state index in [4.69, 9.17) is 0 Å². The molecule has 0 aliphatic carbocycles. The van der Waals surface area contributed by atoms with E-state index in [9.17, 15) is 10.2 Å². The first-order chi connectivity index (χ1) is 6.87. The van der Waals surface area contributed by atoms with Gasteiger partial charge in [-0.1, -0.05) is 0 Å². The van der Waals surface area contributed by atoms with Gasteiger partial charge in [0.2, 0.25) is 0 Å². The van der Waals surface area contributed by atoms with Crippen molar-refractivity contribution in [3.05, 3.63) is 23.8 Å². The summed E-state index contributed by atoms with van der Waals surface area (Å²) < 4.78 is 0. The van der Waals surface area contributed by atoms with Crippen molar-refractivity contribution < 1.29 is 10.2 Å². The smallest absolute Gasteiger partial charge is 0.119 e. The molecule has 0 atom stereocenters. The van der Waals surface area contributed by atoms with Crippen molar-refractivity contribution in [3.63, 3.8) is 0 Å². The third-order valence-electron chi connectivity index (χ3n) is 2.03. The average molecular weight is 290 g/mol. The van der Waals surface area contributed by atoms with Crippen molar-refractivity contribution >= 4 is 17.0 Å². The van der Waals surface area contributed by atoms with Crippen LogP contribution >= 0.6 is 17.0 Å². The standard InChI is InChI=1S/C12H19NO2.BrH/c1-12(2,3)13-5-4-9-6-10(14)8-11(15)7-9;/h6-8,13-15H,4-5H2,1-3H3;1H. The number of rotatable bonds is 3. The highest BCUT2D eigenvalue weighted by Gasteiger charge is 2.08. The Morgan fingerprint density at radius 3 is 2.00 bits per heavy atom. The van der Waals surface area contributed by atoms with Crippen LogP contribution in [0.2, 0.25) is 0 Å². The van der Waals surface area contributed by atoms with Crippen molar-refractivity contribution in [2.75, 3.05) is 6.54 Å². The molecule has 4 heteroatoms. The van der Waals surface area contributed by atoms with Crippen molar-refractivity contribution in [3.8, 4) is 11.5 Å². The SMILES string of the molecule is Br.CC(C)(C)NCCc1cc(O)cc(O)c1. The van der Waals surface area contributed by atoms with Crippen LogP contribution in [0.15, 0.2) is 18.2 Å². The maximum Gasteiger partial charge on any atom is 0.119 e. The first kappa shape index (κ1) is 15.3. The van der Waals surface area contributed by atoms with E-state index in [-0.39, 0.29) is 34.0 Å². The Balaban J connectivity index is 0.00000225. The summed E-state index contributed by atoms with van der Waals surface area (Å²) in [7, 11) is 0. The lowest BCUT2D eigenvalue weighted by Gasteiger charge is -2.20. The van der Waals surface area contributed by atoms with Crippen LogP contribution in [-0.4, -0.2) is 22.3 Å². The van der Waals surface area contributed by atoms with E-state index in [1.807, 2.05) is 0 Å². The molecule has 1 rings (SSSR count). The number of halogens is 1. The molecule has 0 bridgehead atoms. The minimum absolute atomic E-state index is 0. The largest absolute Gasteiger partial charge is 0.508 e. The van der Waals surface area contributed by atoms with Gasteiger partial charge in [-0.3, -0.25) is 0 Å². The Morgan fingerprint density at radius 2 is 1.56 bits per heavy atom. The van der Waals surface area contributed by atoms with Gasteiger partial charge < -0.3 is 15.5 Å². The van der Waals surface area contributed by atoms with Gasteiger partial charge in [-0.15, -0.1) is 17.0 Å². The Bertz CT molecular complexity index is 314. The molecule has 0 aliphatic rings. The Labute approximate surface area is 107 Å². The summed E-state index contributed by atoms with van der Waals surface area (Å²) in [5.74, 6) is 0.224. The lowest BCUT2D eigenvalue weighted by atomic mass is 10.1. The fraction of sp³-hybridized carbons (Fsp3) is 0.500. The zero-order valence-corrected chi connectivity index (χ0v) is 11.7. The molecule has 1 aromatic rings. The molecule has 3 N–H and O–H groups in total. The van der Waals surface area contributed by atoms with E-state index in [0.29, 0.717) is 0 Å². The Kier molecular flexibility index (Phi) is 5.83. The van der Waals surface area contributed by atoms with Crippen molar-refractivity contribution in [2.24, 2.45) is 0 Å². The summed E-state index contributed by atoms with van der Waals surface area (Å²) in [5.41, 5.74) is 1.03. The zero-order valence-electron chi connectivity index (χ0n) is 9.95. The lowest BCUT2D eigenvalue weighted by Crippen LogP contribution is -2.37. The van der Waals surface area contributed by atoms with E-state index >= 15 is 0 Å². The molecule has 0 unspecified atom stereocenters. The first-order valence-electron chi connectivity index (χ1n) is 5.14. The Morgan fingerprint density at radius 1 is 1.06 bits per heavy atom. The number of hydrogen-bond acceptors (Lipinski definition) is 3. The number of benzene rings is 1. The number of aromatic hydroxyl groups is 2. The van der Waals surface area contributed by atoms with Crippen LogP contribution in [0.25, 0.3) is 0 Å². The van der Waals surface area contributed by atoms with Crippen LogP contribution in [0.4, 0.5) is 0 Å². The second-order valence-electron chi connectivity index (χ2n) is 4.78. The predicted octanol–water partition coefficient (Wildman–Crippen LogP) is 2.61. The maximum absolute atomic E-state index is 9.27. The summed E-state index contributed by atoms with van der Waals surface area (Å²) in [6.07, 6.45) is 0.791. The molecule has 92 valence electrons. The summed E-state index contributed by atoms with van der Waals surface area (Å²) >= 11 is 0. The first-order valence-corrected chi connectivity index (χ1v) is 5.14. The molecule has 1 aromatic carbocycles. The van der Waals surface area contributed by atoms with E-state index in [2.05, 4.69) is 26.1 Å². The molecule has 16 heavy (non-hydrogen) atoms. The highest BCUT2D eigenvalue weighted by molar-refractivity contribution is 8.93. The summed E-state index contributed by atoms with van der Waals surface area (Å²) in [6.45, 7) is 7.14. The highest BCUT2D eigenvalue weighted by atomic mass is 79.9. The number of hydrogen-bond donors (Lipinski definition) is 3. The van der Waals surface area contributed by atoms with Crippen LogP contribution < -0.4 is 5.32 Å². The molecule has 0 fully saturated rings. The topological polar surface area (TPSA) is 52.5 Å². The molecule has 0 radical (unpaired) electrons. The van der Waals surface area contributed by atoms with Gasteiger partial charge in [0.05, 0.1) is 0 Å². The fourth-order valence-corrected chi connectivity index (χ4v) is 1.38. The molecule has 0 saturated carbocycles. The van der Waals surface area contributed by atoms with Crippen molar-refractivity contribution in [1.82, 2.24) is 5.32 Å². The third kappa shape index (κ3) is 5.98. The molecule has 0 spiro atoms. The van der Waals surface area contributed by atoms with Gasteiger partial charge in [0, 0.05) is 11.6 Å². The molecule has 0 heterocycles. The molecular formula is C12H20BrNO2. The van der Waals surface area contributed by atoms with Gasteiger partial charge in [0.1, 0.15) is 11.5 Å². The predicted molar refractivity (Wildman–Crippen MR) is 71.6 cm³/mol. The van der Waals surface area contributed by atoms with E-state index in [1.165, 1.54) is 6.07 Å². The van der Waals surface area contributed by atoms with Gasteiger partial charge in [-0.05, 0) is 51.4 Å². The van der Waals surface area contributed by atoms with E-state index in [1.54, 1.807) is 12.1 Å². The third-order valence-corrected chi connectivity index (χ3v) is 2.03. The summed E-state index contributed by atoms with van der Waals surface area (Å²) in [4.78, 5) is 0. The summed E-state index contributed by atoms with van der Waals surface area (Å²) in [6, 6.07) is 4.68. The fourth-order valence-electron chi connectivity index (χ4n) is 1.38. The second-order valence-corrected chi connectivity index (χ2v) is 4.78. The van der Waals surface area contributed by atoms with Gasteiger partial charge in [-0.2, -0.15) is 0 Å². The number of phenolic OH excluding ortho intramolecular Hbond substituents is 2. The monoisotopic (exact) mass is 289 g/mol. The van der Waals surface area contributed by atoms with Gasteiger partial charge in [0.25, 0.3) is 0 Å².